The molecule has 17 heavy (non-hydrogen) atoms. The molecule has 1 aromatic rings. The molecule has 1 aromatic heterocycles. The first kappa shape index (κ1) is 11.5. The summed E-state index contributed by atoms with van der Waals surface area (Å²) in [7, 11) is 3.22. The second-order valence-electron chi connectivity index (χ2n) is 3.86. The van der Waals surface area contributed by atoms with Crippen LogP contribution in [0.3, 0.4) is 0 Å². The van der Waals surface area contributed by atoms with Gasteiger partial charge in [-0.15, -0.1) is 0 Å². The minimum atomic E-state index is -0.546. The van der Waals surface area contributed by atoms with Crippen molar-refractivity contribution in [3.63, 3.8) is 0 Å². The maximum absolute atomic E-state index is 11.8. The molecule has 0 amide bonds. The van der Waals surface area contributed by atoms with E-state index in [1.165, 1.54) is 18.0 Å². The highest BCUT2D eigenvalue weighted by atomic mass is 16.5. The van der Waals surface area contributed by atoms with Crippen molar-refractivity contribution in [3.05, 3.63) is 16.6 Å². The van der Waals surface area contributed by atoms with Crippen LogP contribution in [0.5, 0.6) is 0 Å². The fraction of sp³-hybridized carbons (Fsp3) is 0.556. The van der Waals surface area contributed by atoms with Gasteiger partial charge in [0.2, 0.25) is 0 Å². The Labute approximate surface area is 97.0 Å². The van der Waals surface area contributed by atoms with Gasteiger partial charge < -0.3 is 9.64 Å². The van der Waals surface area contributed by atoms with Crippen molar-refractivity contribution >= 4 is 12.2 Å². The van der Waals surface area contributed by atoms with Crippen molar-refractivity contribution in [3.8, 4) is 0 Å². The maximum Gasteiger partial charge on any atom is 0.368 e. The highest BCUT2D eigenvalue weighted by molar-refractivity contribution is 5.84. The van der Waals surface area contributed by atoms with Gasteiger partial charge in [-0.2, -0.15) is 9.36 Å². The summed E-state index contributed by atoms with van der Waals surface area (Å²) in [5.74, 6) is -0.546. The third-order valence-corrected chi connectivity index (χ3v) is 2.57. The van der Waals surface area contributed by atoms with Crippen LogP contribution in [0.4, 0.5) is 0 Å². The lowest BCUT2D eigenvalue weighted by Gasteiger charge is -2.34. The van der Waals surface area contributed by atoms with Crippen LogP contribution in [0.25, 0.3) is 6.20 Å². The summed E-state index contributed by atoms with van der Waals surface area (Å²) in [6, 6.07) is 0.0628. The summed E-state index contributed by atoms with van der Waals surface area (Å²) in [4.78, 5) is 24.7. The van der Waals surface area contributed by atoms with Crippen LogP contribution in [0, 0.1) is 0 Å². The van der Waals surface area contributed by atoms with Gasteiger partial charge in [-0.25, -0.2) is 9.59 Å². The molecule has 0 radical (unpaired) electrons. The van der Waals surface area contributed by atoms with Crippen LogP contribution in [0.1, 0.15) is 6.04 Å². The molecule has 0 N–H and O–H groups in total. The van der Waals surface area contributed by atoms with Crippen LogP contribution < -0.4 is 5.69 Å². The molecule has 1 saturated heterocycles. The molecule has 1 aliphatic rings. The summed E-state index contributed by atoms with van der Waals surface area (Å²) in [5.41, 5.74) is -0.358. The van der Waals surface area contributed by atoms with Gasteiger partial charge in [-0.1, -0.05) is 0 Å². The van der Waals surface area contributed by atoms with E-state index in [4.69, 9.17) is 0 Å². The zero-order chi connectivity index (χ0) is 12.4. The molecule has 0 atom stereocenters. The number of likely N-dealkylation sites (N-methyl/N-ethyl adjacent to an activating group) is 1. The van der Waals surface area contributed by atoms with Crippen molar-refractivity contribution in [1.82, 2.24) is 24.7 Å². The van der Waals surface area contributed by atoms with E-state index in [2.05, 4.69) is 20.1 Å². The molecule has 8 nitrogen and oxygen atoms in total. The van der Waals surface area contributed by atoms with Crippen molar-refractivity contribution in [1.29, 1.82) is 0 Å². The molecule has 0 aromatic carbocycles. The van der Waals surface area contributed by atoms with E-state index in [0.29, 0.717) is 0 Å². The Morgan fingerprint density at radius 2 is 2.18 bits per heavy atom. The van der Waals surface area contributed by atoms with Crippen LogP contribution in [-0.2, 0) is 9.53 Å². The third kappa shape index (κ3) is 2.26. The zero-order valence-corrected chi connectivity index (χ0v) is 9.61. The fourth-order valence-electron chi connectivity index (χ4n) is 1.61. The van der Waals surface area contributed by atoms with E-state index in [1.807, 2.05) is 7.05 Å². The highest BCUT2D eigenvalue weighted by Crippen LogP contribution is 2.15. The lowest BCUT2D eigenvalue weighted by molar-refractivity contribution is -0.134. The van der Waals surface area contributed by atoms with Gasteiger partial charge in [0.1, 0.15) is 0 Å². The summed E-state index contributed by atoms with van der Waals surface area (Å²) >= 11 is 0. The largest absolute Gasteiger partial charge is 0.466 e. The molecule has 0 saturated carbocycles. The minimum absolute atomic E-state index is 0.0628. The van der Waals surface area contributed by atoms with E-state index in [-0.39, 0.29) is 11.7 Å². The number of carbonyl (C=O) groups is 1. The molecule has 0 unspecified atom stereocenters. The van der Waals surface area contributed by atoms with Gasteiger partial charge in [-0.05, 0) is 17.5 Å². The van der Waals surface area contributed by atoms with Crippen molar-refractivity contribution < 1.29 is 9.53 Å². The summed E-state index contributed by atoms with van der Waals surface area (Å²) in [5, 5.41) is 7.42. The predicted octanol–water partition coefficient (Wildman–Crippen LogP) is -1.43. The third-order valence-electron chi connectivity index (χ3n) is 2.57. The standard InChI is InChI=1S/C9H13N5O3/c1-12-5-7(6-12)14-9(16)13(10-11-14)4-3-8(15)17-2/h3-4,7H,5-6H2,1-2H3/b4-3+. The maximum atomic E-state index is 11.8. The molecule has 2 rings (SSSR count). The van der Waals surface area contributed by atoms with Gasteiger partial charge >= 0.3 is 11.7 Å². The Hall–Kier alpha value is -1.96. The number of likely N-dealkylation sites (tertiary alicyclic amines) is 1. The first-order valence-electron chi connectivity index (χ1n) is 5.10. The number of ether oxygens (including phenoxy) is 1. The number of hydrogen-bond donors (Lipinski definition) is 0. The van der Waals surface area contributed by atoms with Crippen LogP contribution >= 0.6 is 0 Å². The molecule has 2 heterocycles. The van der Waals surface area contributed by atoms with Crippen molar-refractivity contribution in [2.24, 2.45) is 0 Å². The Kier molecular flexibility index (Phi) is 3.05. The summed E-state index contributed by atoms with van der Waals surface area (Å²) in [6.07, 6.45) is 2.35. The van der Waals surface area contributed by atoms with Crippen LogP contribution in [0.15, 0.2) is 10.9 Å². The Balaban J connectivity index is 2.13. The summed E-state index contributed by atoms with van der Waals surface area (Å²) < 4.78 is 6.74. The Morgan fingerprint density at radius 3 is 2.76 bits per heavy atom. The lowest BCUT2D eigenvalue weighted by atomic mass is 10.1. The first-order chi connectivity index (χ1) is 8.11. The van der Waals surface area contributed by atoms with E-state index in [0.717, 1.165) is 23.8 Å². The Morgan fingerprint density at radius 1 is 1.47 bits per heavy atom. The molecular formula is C9H13N5O3. The fourth-order valence-corrected chi connectivity index (χ4v) is 1.61. The number of rotatable bonds is 3. The van der Waals surface area contributed by atoms with Gasteiger partial charge in [0.15, 0.2) is 0 Å². The number of aromatic nitrogens is 4. The minimum Gasteiger partial charge on any atom is -0.466 e. The first-order valence-corrected chi connectivity index (χ1v) is 5.10. The van der Waals surface area contributed by atoms with E-state index < -0.39 is 5.97 Å². The van der Waals surface area contributed by atoms with Gasteiger partial charge in [0.05, 0.1) is 13.2 Å². The summed E-state index contributed by atoms with van der Waals surface area (Å²) in [6.45, 7) is 1.55. The topological polar surface area (TPSA) is 82.2 Å². The van der Waals surface area contributed by atoms with Gasteiger partial charge in [0, 0.05) is 25.4 Å². The molecule has 1 fully saturated rings. The van der Waals surface area contributed by atoms with E-state index in [1.54, 1.807) is 0 Å². The lowest BCUT2D eigenvalue weighted by Crippen LogP contribution is -2.48. The number of esters is 1. The second-order valence-corrected chi connectivity index (χ2v) is 3.86. The zero-order valence-electron chi connectivity index (χ0n) is 9.61. The monoisotopic (exact) mass is 239 g/mol. The van der Waals surface area contributed by atoms with E-state index >= 15 is 0 Å². The molecule has 0 aliphatic carbocycles. The molecular weight excluding hydrogens is 226 g/mol. The van der Waals surface area contributed by atoms with Crippen LogP contribution in [-0.4, -0.2) is 57.9 Å². The molecule has 8 heteroatoms. The number of hydrogen-bond acceptors (Lipinski definition) is 6. The van der Waals surface area contributed by atoms with Crippen molar-refractivity contribution in [2.75, 3.05) is 27.2 Å². The predicted molar refractivity (Wildman–Crippen MR) is 58.2 cm³/mol. The average molecular weight is 239 g/mol. The molecule has 92 valence electrons. The van der Waals surface area contributed by atoms with Crippen LogP contribution in [0.2, 0.25) is 0 Å². The molecule has 0 spiro atoms. The molecule has 1 aliphatic heterocycles. The normalized spacial score (nSPS) is 17.3. The average Bonchev–Trinajstić information content (AvgIpc) is 2.63. The number of nitrogens with zero attached hydrogens (tertiary/aromatic N) is 5. The van der Waals surface area contributed by atoms with Crippen molar-refractivity contribution in [2.45, 2.75) is 6.04 Å². The SMILES string of the molecule is COC(=O)/C=C/n1nnn(C2CN(C)C2)c1=O. The number of methoxy groups -OCH3 is 1. The van der Waals surface area contributed by atoms with Gasteiger partial charge in [-0.3, -0.25) is 0 Å². The smallest absolute Gasteiger partial charge is 0.368 e. The van der Waals surface area contributed by atoms with E-state index in [9.17, 15) is 9.59 Å². The molecule has 0 bridgehead atoms. The van der Waals surface area contributed by atoms with Gasteiger partial charge in [0.25, 0.3) is 0 Å². The number of tetrazole rings is 1. The number of carbonyl (C=O) groups excluding carboxylic acids is 1. The second kappa shape index (κ2) is 4.50. The highest BCUT2D eigenvalue weighted by Gasteiger charge is 2.28. The quantitative estimate of drug-likeness (QED) is 0.475. The Bertz CT molecular complexity index is 497.